The Morgan fingerprint density at radius 3 is 2.54 bits per heavy atom. The van der Waals surface area contributed by atoms with E-state index in [9.17, 15) is 4.79 Å². The molecule has 28 heavy (non-hydrogen) atoms. The average Bonchev–Trinajstić information content (AvgIpc) is 3.08. The topological polar surface area (TPSA) is 69.0 Å². The van der Waals surface area contributed by atoms with Crippen LogP contribution in [0.3, 0.4) is 0 Å². The first-order valence-electron chi connectivity index (χ1n) is 8.77. The summed E-state index contributed by atoms with van der Waals surface area (Å²) >= 11 is 7.24. The lowest BCUT2D eigenvalue weighted by Gasteiger charge is -2.09. The standard InChI is InChI=1S/C20H21ClN4O2S/c1-14-23-24-20(25(14)17-7-9-18(27-2)10-8-17)28-13-19(26)22-12-11-15-3-5-16(21)6-4-15/h3-10H,11-13H2,1-2H3,(H,22,26). The summed E-state index contributed by atoms with van der Waals surface area (Å²) in [4.78, 5) is 12.2. The molecule has 0 aliphatic rings. The van der Waals surface area contributed by atoms with Gasteiger partial charge in [0.2, 0.25) is 5.91 Å². The van der Waals surface area contributed by atoms with E-state index in [0.717, 1.165) is 29.2 Å². The average molecular weight is 417 g/mol. The van der Waals surface area contributed by atoms with Crippen LogP contribution in [0.15, 0.2) is 53.7 Å². The van der Waals surface area contributed by atoms with Crippen molar-refractivity contribution in [2.75, 3.05) is 19.4 Å². The Kier molecular flexibility index (Phi) is 6.95. The Morgan fingerprint density at radius 1 is 1.14 bits per heavy atom. The number of thioether (sulfide) groups is 1. The van der Waals surface area contributed by atoms with Crippen molar-refractivity contribution in [1.29, 1.82) is 0 Å². The molecule has 6 nitrogen and oxygen atoms in total. The first-order valence-corrected chi connectivity index (χ1v) is 10.1. The van der Waals surface area contributed by atoms with Crippen LogP contribution in [0.1, 0.15) is 11.4 Å². The van der Waals surface area contributed by atoms with Crippen LogP contribution in [-0.4, -0.2) is 40.1 Å². The summed E-state index contributed by atoms with van der Waals surface area (Å²) < 4.78 is 7.12. The molecule has 0 aliphatic heterocycles. The minimum Gasteiger partial charge on any atom is -0.497 e. The fourth-order valence-corrected chi connectivity index (χ4v) is 3.60. The number of aromatic nitrogens is 3. The largest absolute Gasteiger partial charge is 0.497 e. The van der Waals surface area contributed by atoms with Crippen LogP contribution in [0, 0.1) is 6.92 Å². The number of methoxy groups -OCH3 is 1. The molecule has 1 heterocycles. The summed E-state index contributed by atoms with van der Waals surface area (Å²) in [7, 11) is 1.63. The van der Waals surface area contributed by atoms with Crippen molar-refractivity contribution in [3.05, 3.63) is 64.9 Å². The summed E-state index contributed by atoms with van der Waals surface area (Å²) in [6, 6.07) is 15.3. The maximum absolute atomic E-state index is 12.2. The Morgan fingerprint density at radius 2 is 1.86 bits per heavy atom. The van der Waals surface area contributed by atoms with Crippen LogP contribution in [0.2, 0.25) is 5.02 Å². The van der Waals surface area contributed by atoms with Gasteiger partial charge in [0, 0.05) is 17.3 Å². The third-order valence-electron chi connectivity index (χ3n) is 4.11. The lowest BCUT2D eigenvalue weighted by Crippen LogP contribution is -2.27. The molecule has 0 unspecified atom stereocenters. The fraction of sp³-hybridized carbons (Fsp3) is 0.250. The summed E-state index contributed by atoms with van der Waals surface area (Å²) in [6.07, 6.45) is 0.759. The van der Waals surface area contributed by atoms with Gasteiger partial charge in [0.05, 0.1) is 12.9 Å². The molecule has 146 valence electrons. The van der Waals surface area contributed by atoms with Gasteiger partial charge in [-0.25, -0.2) is 0 Å². The normalized spacial score (nSPS) is 10.7. The molecule has 1 amide bonds. The molecule has 0 aliphatic carbocycles. The van der Waals surface area contributed by atoms with Crippen molar-refractivity contribution in [2.45, 2.75) is 18.5 Å². The third-order valence-corrected chi connectivity index (χ3v) is 5.29. The number of rotatable bonds is 8. The zero-order chi connectivity index (χ0) is 19.9. The zero-order valence-electron chi connectivity index (χ0n) is 15.7. The van der Waals surface area contributed by atoms with Crippen molar-refractivity contribution in [3.63, 3.8) is 0 Å². The Labute approximate surface area is 173 Å². The second-order valence-electron chi connectivity index (χ2n) is 6.08. The molecular formula is C20H21ClN4O2S. The van der Waals surface area contributed by atoms with Gasteiger partial charge in [0.25, 0.3) is 0 Å². The van der Waals surface area contributed by atoms with Crippen molar-refractivity contribution in [2.24, 2.45) is 0 Å². The van der Waals surface area contributed by atoms with Crippen LogP contribution in [-0.2, 0) is 11.2 Å². The van der Waals surface area contributed by atoms with Crippen molar-refractivity contribution in [3.8, 4) is 11.4 Å². The lowest BCUT2D eigenvalue weighted by molar-refractivity contribution is -0.118. The number of hydrogen-bond acceptors (Lipinski definition) is 5. The molecule has 0 spiro atoms. The number of nitrogens with zero attached hydrogens (tertiary/aromatic N) is 3. The molecule has 0 saturated heterocycles. The van der Waals surface area contributed by atoms with Gasteiger partial charge in [0.15, 0.2) is 5.16 Å². The molecule has 3 aromatic rings. The first-order chi connectivity index (χ1) is 13.6. The quantitative estimate of drug-likeness (QED) is 0.567. The number of ether oxygens (including phenoxy) is 1. The summed E-state index contributed by atoms with van der Waals surface area (Å²) in [5.74, 6) is 1.77. The molecule has 3 rings (SSSR count). The van der Waals surface area contributed by atoms with E-state index in [2.05, 4.69) is 15.5 Å². The molecule has 8 heteroatoms. The highest BCUT2D eigenvalue weighted by Crippen LogP contribution is 2.23. The molecule has 2 aromatic carbocycles. The molecule has 0 atom stereocenters. The molecule has 1 N–H and O–H groups in total. The number of amides is 1. The summed E-state index contributed by atoms with van der Waals surface area (Å²) in [5, 5.41) is 12.7. The Hall–Kier alpha value is -2.51. The molecule has 0 bridgehead atoms. The monoisotopic (exact) mass is 416 g/mol. The molecular weight excluding hydrogens is 396 g/mol. The van der Waals surface area contributed by atoms with Crippen LogP contribution in [0.5, 0.6) is 5.75 Å². The lowest BCUT2D eigenvalue weighted by atomic mass is 10.1. The first kappa shape index (κ1) is 20.2. The highest BCUT2D eigenvalue weighted by Gasteiger charge is 2.13. The number of aryl methyl sites for hydroxylation is 1. The number of halogens is 1. The predicted molar refractivity (Wildman–Crippen MR) is 112 cm³/mol. The van der Waals surface area contributed by atoms with E-state index in [0.29, 0.717) is 16.7 Å². The summed E-state index contributed by atoms with van der Waals surface area (Å²) in [6.45, 7) is 2.46. The van der Waals surface area contributed by atoms with E-state index >= 15 is 0 Å². The number of benzene rings is 2. The van der Waals surface area contributed by atoms with Crippen LogP contribution in [0.25, 0.3) is 5.69 Å². The Bertz CT molecular complexity index is 926. The van der Waals surface area contributed by atoms with Gasteiger partial charge in [-0.15, -0.1) is 10.2 Å². The molecule has 0 radical (unpaired) electrons. The minimum atomic E-state index is -0.0408. The van der Waals surface area contributed by atoms with E-state index in [1.165, 1.54) is 11.8 Å². The van der Waals surface area contributed by atoms with Gasteiger partial charge in [-0.1, -0.05) is 35.5 Å². The highest BCUT2D eigenvalue weighted by atomic mass is 35.5. The van der Waals surface area contributed by atoms with Crippen LogP contribution >= 0.6 is 23.4 Å². The maximum atomic E-state index is 12.2. The minimum absolute atomic E-state index is 0.0408. The predicted octanol–water partition coefficient (Wildman–Crippen LogP) is 3.69. The van der Waals surface area contributed by atoms with Gasteiger partial charge in [-0.3, -0.25) is 9.36 Å². The van der Waals surface area contributed by atoms with E-state index in [4.69, 9.17) is 16.3 Å². The number of nitrogens with one attached hydrogen (secondary N) is 1. The molecule has 0 fully saturated rings. The number of carbonyl (C=O) groups is 1. The number of carbonyl (C=O) groups excluding carboxylic acids is 1. The maximum Gasteiger partial charge on any atom is 0.230 e. The van der Waals surface area contributed by atoms with E-state index in [1.807, 2.05) is 60.0 Å². The second-order valence-corrected chi connectivity index (χ2v) is 7.46. The van der Waals surface area contributed by atoms with Gasteiger partial charge < -0.3 is 10.1 Å². The molecule has 1 aromatic heterocycles. The molecule has 0 saturated carbocycles. The third kappa shape index (κ3) is 5.27. The Balaban J connectivity index is 1.54. The highest BCUT2D eigenvalue weighted by molar-refractivity contribution is 7.99. The van der Waals surface area contributed by atoms with Crippen molar-refractivity contribution < 1.29 is 9.53 Å². The second kappa shape index (κ2) is 9.61. The fourth-order valence-electron chi connectivity index (χ4n) is 2.64. The van der Waals surface area contributed by atoms with Crippen molar-refractivity contribution >= 4 is 29.3 Å². The van der Waals surface area contributed by atoms with E-state index < -0.39 is 0 Å². The SMILES string of the molecule is COc1ccc(-n2c(C)nnc2SCC(=O)NCCc2ccc(Cl)cc2)cc1. The van der Waals surface area contributed by atoms with Crippen LogP contribution in [0.4, 0.5) is 0 Å². The van der Waals surface area contributed by atoms with E-state index in [1.54, 1.807) is 7.11 Å². The summed E-state index contributed by atoms with van der Waals surface area (Å²) in [5.41, 5.74) is 2.06. The zero-order valence-corrected chi connectivity index (χ0v) is 17.3. The van der Waals surface area contributed by atoms with Gasteiger partial charge in [0.1, 0.15) is 11.6 Å². The number of hydrogen-bond donors (Lipinski definition) is 1. The van der Waals surface area contributed by atoms with E-state index in [-0.39, 0.29) is 11.7 Å². The van der Waals surface area contributed by atoms with Gasteiger partial charge in [-0.05, 0) is 55.3 Å². The van der Waals surface area contributed by atoms with Gasteiger partial charge in [-0.2, -0.15) is 0 Å². The smallest absolute Gasteiger partial charge is 0.230 e. The van der Waals surface area contributed by atoms with Gasteiger partial charge >= 0.3 is 0 Å². The van der Waals surface area contributed by atoms with Crippen molar-refractivity contribution in [1.82, 2.24) is 20.1 Å². The van der Waals surface area contributed by atoms with Crippen LogP contribution < -0.4 is 10.1 Å².